The monoisotopic (exact) mass is 432 g/mol. The van der Waals surface area contributed by atoms with Crippen molar-refractivity contribution in [2.24, 2.45) is 0 Å². The molecule has 0 aliphatic carbocycles. The van der Waals surface area contributed by atoms with E-state index in [-0.39, 0.29) is 19.4 Å². The highest BCUT2D eigenvalue weighted by atomic mass is 16.8. The van der Waals surface area contributed by atoms with Gasteiger partial charge >= 0.3 is 12.1 Å². The zero-order valence-electron chi connectivity index (χ0n) is 18.2. The Morgan fingerprint density at radius 2 is 1.87 bits per heavy atom. The van der Waals surface area contributed by atoms with Crippen molar-refractivity contribution in [1.82, 2.24) is 10.6 Å². The minimum atomic E-state index is -1.03. The summed E-state index contributed by atoms with van der Waals surface area (Å²) in [6.07, 6.45) is -3.71. The highest BCUT2D eigenvalue weighted by molar-refractivity contribution is 5.78. The van der Waals surface area contributed by atoms with Crippen LogP contribution in [-0.4, -0.2) is 78.8 Å². The van der Waals surface area contributed by atoms with Gasteiger partial charge in [-0.25, -0.2) is 4.79 Å². The van der Waals surface area contributed by atoms with Crippen molar-refractivity contribution >= 4 is 18.0 Å². The number of fused-ring (bicyclic) bond motifs is 1. The lowest BCUT2D eigenvalue weighted by molar-refractivity contribution is -0.220. The lowest BCUT2D eigenvalue weighted by Crippen LogP contribution is -2.52. The van der Waals surface area contributed by atoms with E-state index in [2.05, 4.69) is 10.6 Å². The highest BCUT2D eigenvalue weighted by Gasteiger charge is 2.57. The molecule has 11 nitrogen and oxygen atoms in total. The van der Waals surface area contributed by atoms with Crippen LogP contribution in [0.4, 0.5) is 4.79 Å². The van der Waals surface area contributed by atoms with Crippen LogP contribution < -0.4 is 10.6 Å². The van der Waals surface area contributed by atoms with E-state index >= 15 is 0 Å². The van der Waals surface area contributed by atoms with Gasteiger partial charge in [0.15, 0.2) is 12.1 Å². The maximum atomic E-state index is 12.4. The van der Waals surface area contributed by atoms with Crippen LogP contribution >= 0.6 is 0 Å². The van der Waals surface area contributed by atoms with Crippen LogP contribution in [0.5, 0.6) is 0 Å². The first-order valence-corrected chi connectivity index (χ1v) is 9.83. The Labute approximate surface area is 175 Å². The minimum absolute atomic E-state index is 0.0295. The molecular formula is C19H32N2O9. The van der Waals surface area contributed by atoms with Gasteiger partial charge in [-0.05, 0) is 34.6 Å². The fourth-order valence-corrected chi connectivity index (χ4v) is 3.39. The first kappa shape index (κ1) is 24.3. The molecule has 0 bridgehead atoms. The first-order chi connectivity index (χ1) is 13.8. The molecule has 0 spiro atoms. The van der Waals surface area contributed by atoms with E-state index in [9.17, 15) is 14.4 Å². The van der Waals surface area contributed by atoms with E-state index in [1.54, 1.807) is 34.6 Å². The van der Waals surface area contributed by atoms with Crippen molar-refractivity contribution in [1.29, 1.82) is 0 Å². The molecular weight excluding hydrogens is 400 g/mol. The molecule has 2 aliphatic heterocycles. The van der Waals surface area contributed by atoms with E-state index < -0.39 is 60.0 Å². The van der Waals surface area contributed by atoms with Gasteiger partial charge in [-0.3, -0.25) is 9.59 Å². The van der Waals surface area contributed by atoms with Crippen LogP contribution in [0, 0.1) is 0 Å². The molecule has 2 rings (SSSR count). The second-order valence-corrected chi connectivity index (χ2v) is 8.72. The molecule has 0 aromatic carbocycles. The largest absolute Gasteiger partial charge is 0.481 e. The quantitative estimate of drug-likeness (QED) is 0.506. The molecule has 172 valence electrons. The zero-order valence-corrected chi connectivity index (χ0v) is 18.2. The minimum Gasteiger partial charge on any atom is -0.481 e. The molecule has 5 atom stereocenters. The van der Waals surface area contributed by atoms with Gasteiger partial charge in [-0.1, -0.05) is 0 Å². The molecule has 2 amide bonds. The smallest absolute Gasteiger partial charge is 0.407 e. The second kappa shape index (κ2) is 9.46. The maximum Gasteiger partial charge on any atom is 0.407 e. The van der Waals surface area contributed by atoms with Crippen molar-refractivity contribution in [2.75, 3.05) is 13.7 Å². The van der Waals surface area contributed by atoms with Gasteiger partial charge in [0, 0.05) is 20.1 Å². The molecule has 2 heterocycles. The van der Waals surface area contributed by atoms with Gasteiger partial charge in [0.1, 0.15) is 23.9 Å². The number of hydrogen-bond donors (Lipinski definition) is 3. The molecule has 0 aromatic heterocycles. The molecule has 0 aromatic rings. The van der Waals surface area contributed by atoms with Crippen molar-refractivity contribution in [2.45, 2.75) is 89.5 Å². The van der Waals surface area contributed by atoms with Crippen molar-refractivity contribution in [3.63, 3.8) is 0 Å². The second-order valence-electron chi connectivity index (χ2n) is 8.72. The summed E-state index contributed by atoms with van der Waals surface area (Å²) in [4.78, 5) is 35.3. The third-order valence-electron chi connectivity index (χ3n) is 4.46. The summed E-state index contributed by atoms with van der Waals surface area (Å²) in [6, 6.07) is -0.824. The number of hydrogen-bond acceptors (Lipinski definition) is 8. The fraction of sp³-hybridized carbons (Fsp3) is 0.842. The van der Waals surface area contributed by atoms with Crippen molar-refractivity contribution in [3.05, 3.63) is 0 Å². The standard InChI is InChI=1S/C19H32N2O9/c1-18(2,3)30-17(25)21-10(9-11(22)20-8-7-12(23)24)13-14(26-6)15-16(27-13)29-19(4,5)28-15/h10,13-16H,7-9H2,1-6H3,(H,20,22)(H,21,25)(H,23,24)/t10-,13+,14-,15+,16+/m0/s1. The Hall–Kier alpha value is -1.95. The number of amides is 2. The van der Waals surface area contributed by atoms with Gasteiger partial charge in [0.25, 0.3) is 0 Å². The summed E-state index contributed by atoms with van der Waals surface area (Å²) in [5.41, 5.74) is -0.734. The number of carbonyl (C=O) groups excluding carboxylic acids is 2. The SMILES string of the molecule is CO[C@@H]1[C@H]2OC(C)(C)O[C@H]2O[C@@H]1[C@H](CC(=O)NCCC(=O)O)NC(=O)OC(C)(C)C. The van der Waals surface area contributed by atoms with Crippen LogP contribution in [0.1, 0.15) is 47.5 Å². The average Bonchev–Trinajstić information content (AvgIpc) is 3.03. The number of nitrogens with one attached hydrogen (secondary N) is 2. The zero-order chi connectivity index (χ0) is 22.7. The predicted octanol–water partition coefficient (Wildman–Crippen LogP) is 0.752. The predicted molar refractivity (Wildman–Crippen MR) is 103 cm³/mol. The summed E-state index contributed by atoms with van der Waals surface area (Å²) in [7, 11) is 1.48. The van der Waals surface area contributed by atoms with Crippen LogP contribution in [0.3, 0.4) is 0 Å². The number of carboxylic acid groups (broad SMARTS) is 1. The molecule has 11 heteroatoms. The lowest BCUT2D eigenvalue weighted by Gasteiger charge is -2.31. The van der Waals surface area contributed by atoms with E-state index in [1.807, 2.05) is 0 Å². The average molecular weight is 432 g/mol. The first-order valence-electron chi connectivity index (χ1n) is 9.83. The summed E-state index contributed by atoms with van der Waals surface area (Å²) < 4.78 is 28.4. The van der Waals surface area contributed by atoms with Gasteiger partial charge in [-0.2, -0.15) is 0 Å². The van der Waals surface area contributed by atoms with Crippen LogP contribution in [0.15, 0.2) is 0 Å². The number of methoxy groups -OCH3 is 1. The molecule has 2 saturated heterocycles. The molecule has 3 N–H and O–H groups in total. The van der Waals surface area contributed by atoms with Crippen LogP contribution in [0.25, 0.3) is 0 Å². The molecule has 0 unspecified atom stereocenters. The van der Waals surface area contributed by atoms with E-state index in [1.165, 1.54) is 7.11 Å². The number of aliphatic carboxylic acids is 1. The van der Waals surface area contributed by atoms with E-state index in [0.717, 1.165) is 0 Å². The van der Waals surface area contributed by atoms with Crippen molar-refractivity contribution < 1.29 is 43.2 Å². The summed E-state index contributed by atoms with van der Waals surface area (Å²) >= 11 is 0. The lowest BCUT2D eigenvalue weighted by atomic mass is 10.00. The molecule has 30 heavy (non-hydrogen) atoms. The Bertz CT molecular complexity index is 646. The van der Waals surface area contributed by atoms with Crippen molar-refractivity contribution in [3.8, 4) is 0 Å². The number of rotatable bonds is 8. The van der Waals surface area contributed by atoms with E-state index in [0.29, 0.717) is 0 Å². The third-order valence-corrected chi connectivity index (χ3v) is 4.46. The Kier molecular flexibility index (Phi) is 7.67. The summed E-state index contributed by atoms with van der Waals surface area (Å²) in [5.74, 6) is -2.32. The normalized spacial score (nSPS) is 28.5. The molecule has 0 saturated carbocycles. The van der Waals surface area contributed by atoms with Gasteiger partial charge in [0.2, 0.25) is 5.91 Å². The van der Waals surface area contributed by atoms with Gasteiger partial charge in [-0.15, -0.1) is 0 Å². The fourth-order valence-electron chi connectivity index (χ4n) is 3.39. The summed E-state index contributed by atoms with van der Waals surface area (Å²) in [6.45, 7) is 8.64. The van der Waals surface area contributed by atoms with Gasteiger partial charge < -0.3 is 39.4 Å². The molecule has 0 radical (unpaired) electrons. The van der Waals surface area contributed by atoms with Gasteiger partial charge in [0.05, 0.1) is 12.5 Å². The Morgan fingerprint density at radius 3 is 2.43 bits per heavy atom. The summed E-state index contributed by atoms with van der Waals surface area (Å²) in [5, 5.41) is 13.9. The van der Waals surface area contributed by atoms with Crippen LogP contribution in [-0.2, 0) is 33.3 Å². The molecule has 2 aliphatic rings. The van der Waals surface area contributed by atoms with Crippen LogP contribution in [0.2, 0.25) is 0 Å². The van der Waals surface area contributed by atoms with E-state index in [4.69, 9.17) is 28.8 Å². The Balaban J connectivity index is 2.11. The topological polar surface area (TPSA) is 142 Å². The highest BCUT2D eigenvalue weighted by Crippen LogP contribution is 2.39. The Morgan fingerprint density at radius 1 is 1.20 bits per heavy atom. The number of carboxylic acids is 1. The third kappa shape index (κ3) is 6.79. The number of ether oxygens (including phenoxy) is 5. The molecule has 2 fully saturated rings. The number of carbonyl (C=O) groups is 3. The number of alkyl carbamates (subject to hydrolysis) is 1. The maximum absolute atomic E-state index is 12.4.